The van der Waals surface area contributed by atoms with Crippen molar-refractivity contribution >= 4 is 5.69 Å². The summed E-state index contributed by atoms with van der Waals surface area (Å²) in [4.78, 5) is 2.26. The lowest BCUT2D eigenvalue weighted by molar-refractivity contribution is 0.386. The van der Waals surface area contributed by atoms with E-state index in [9.17, 15) is 4.39 Å². The van der Waals surface area contributed by atoms with Crippen molar-refractivity contribution in [2.45, 2.75) is 12.5 Å². The van der Waals surface area contributed by atoms with E-state index in [-0.39, 0.29) is 11.6 Å². The van der Waals surface area contributed by atoms with E-state index in [1.807, 2.05) is 6.07 Å². The minimum absolute atomic E-state index is 0.286. The fourth-order valence-corrected chi connectivity index (χ4v) is 2.04. The number of rotatable bonds is 3. The number of anilines is 1. The third-order valence-corrected chi connectivity index (χ3v) is 2.91. The van der Waals surface area contributed by atoms with E-state index < -0.39 is 0 Å². The van der Waals surface area contributed by atoms with Gasteiger partial charge in [-0.2, -0.15) is 0 Å². The SMILES string of the molecule is COc1ccc(NC2CCN(C)C2)cc1F. The molecule has 1 N–H and O–H groups in total. The van der Waals surface area contributed by atoms with Crippen molar-refractivity contribution in [3.63, 3.8) is 0 Å². The highest BCUT2D eigenvalue weighted by atomic mass is 19.1. The first-order valence-electron chi connectivity index (χ1n) is 5.47. The van der Waals surface area contributed by atoms with Crippen LogP contribution >= 0.6 is 0 Å². The molecule has 0 aromatic heterocycles. The van der Waals surface area contributed by atoms with Crippen molar-refractivity contribution in [2.75, 3.05) is 32.6 Å². The lowest BCUT2D eigenvalue weighted by Crippen LogP contribution is -2.23. The van der Waals surface area contributed by atoms with E-state index in [1.165, 1.54) is 13.2 Å². The molecule has 1 fully saturated rings. The molecule has 0 aliphatic carbocycles. The van der Waals surface area contributed by atoms with Gasteiger partial charge < -0.3 is 15.0 Å². The van der Waals surface area contributed by atoms with Gasteiger partial charge in [0.15, 0.2) is 11.6 Å². The summed E-state index contributed by atoms with van der Waals surface area (Å²) in [5.41, 5.74) is 0.818. The van der Waals surface area contributed by atoms with Crippen LogP contribution in [0.25, 0.3) is 0 Å². The predicted octanol–water partition coefficient (Wildman–Crippen LogP) is 1.95. The van der Waals surface area contributed by atoms with Gasteiger partial charge >= 0.3 is 0 Å². The van der Waals surface area contributed by atoms with Crippen molar-refractivity contribution in [2.24, 2.45) is 0 Å². The molecule has 0 amide bonds. The van der Waals surface area contributed by atoms with Gasteiger partial charge in [-0.1, -0.05) is 0 Å². The van der Waals surface area contributed by atoms with Crippen LogP contribution in [0.1, 0.15) is 6.42 Å². The average molecular weight is 224 g/mol. The number of nitrogens with zero attached hydrogens (tertiary/aromatic N) is 1. The quantitative estimate of drug-likeness (QED) is 0.849. The van der Waals surface area contributed by atoms with Crippen molar-refractivity contribution in [1.82, 2.24) is 4.90 Å². The van der Waals surface area contributed by atoms with Crippen LogP contribution in [0.2, 0.25) is 0 Å². The zero-order valence-corrected chi connectivity index (χ0v) is 9.66. The number of hydrogen-bond acceptors (Lipinski definition) is 3. The fraction of sp³-hybridized carbons (Fsp3) is 0.500. The molecule has 1 aliphatic heterocycles. The molecule has 1 saturated heterocycles. The predicted molar refractivity (Wildman–Crippen MR) is 62.5 cm³/mol. The highest BCUT2D eigenvalue weighted by Crippen LogP contribution is 2.22. The first-order chi connectivity index (χ1) is 7.69. The molecule has 1 atom stereocenters. The minimum Gasteiger partial charge on any atom is -0.494 e. The summed E-state index contributed by atoms with van der Waals surface area (Å²) in [5.74, 6) is -0.0343. The van der Waals surface area contributed by atoms with Crippen LogP contribution in [0.15, 0.2) is 18.2 Å². The van der Waals surface area contributed by atoms with Gasteiger partial charge in [-0.15, -0.1) is 0 Å². The Hall–Kier alpha value is -1.29. The van der Waals surface area contributed by atoms with Gasteiger partial charge in [-0.25, -0.2) is 4.39 Å². The summed E-state index contributed by atoms with van der Waals surface area (Å²) in [7, 11) is 3.56. The Kier molecular flexibility index (Phi) is 3.29. The summed E-state index contributed by atoms with van der Waals surface area (Å²) in [6.45, 7) is 2.10. The fourth-order valence-electron chi connectivity index (χ4n) is 2.04. The maximum absolute atomic E-state index is 13.4. The van der Waals surface area contributed by atoms with E-state index in [0.717, 1.165) is 25.2 Å². The maximum atomic E-state index is 13.4. The Morgan fingerprint density at radius 2 is 2.31 bits per heavy atom. The van der Waals surface area contributed by atoms with Gasteiger partial charge in [0.25, 0.3) is 0 Å². The molecule has 88 valence electrons. The number of nitrogens with one attached hydrogen (secondary N) is 1. The van der Waals surface area contributed by atoms with Crippen LogP contribution in [0.5, 0.6) is 5.75 Å². The van der Waals surface area contributed by atoms with Crippen LogP contribution < -0.4 is 10.1 Å². The molecule has 0 bridgehead atoms. The van der Waals surface area contributed by atoms with Crippen molar-refractivity contribution in [3.05, 3.63) is 24.0 Å². The molecule has 1 aliphatic rings. The van der Waals surface area contributed by atoms with Crippen molar-refractivity contribution in [3.8, 4) is 5.75 Å². The number of benzene rings is 1. The van der Waals surface area contributed by atoms with Crippen LogP contribution in [-0.2, 0) is 0 Å². The average Bonchev–Trinajstić information content (AvgIpc) is 2.64. The van der Waals surface area contributed by atoms with Gasteiger partial charge in [0.2, 0.25) is 0 Å². The highest BCUT2D eigenvalue weighted by molar-refractivity contribution is 5.48. The molecular formula is C12H17FN2O. The summed E-state index contributed by atoms with van der Waals surface area (Å²) in [6, 6.07) is 5.39. The normalized spacial score (nSPS) is 21.1. The molecule has 0 saturated carbocycles. The van der Waals surface area contributed by atoms with Crippen molar-refractivity contribution in [1.29, 1.82) is 0 Å². The van der Waals surface area contributed by atoms with Gasteiger partial charge in [-0.3, -0.25) is 0 Å². The first-order valence-corrected chi connectivity index (χ1v) is 5.47. The third kappa shape index (κ3) is 2.44. The standard InChI is InChI=1S/C12H17FN2O/c1-15-6-5-10(8-15)14-9-3-4-12(16-2)11(13)7-9/h3-4,7,10,14H,5-6,8H2,1-2H3. The number of ether oxygens (including phenoxy) is 1. The molecule has 3 nitrogen and oxygen atoms in total. The van der Waals surface area contributed by atoms with E-state index >= 15 is 0 Å². The zero-order chi connectivity index (χ0) is 11.5. The number of hydrogen-bond donors (Lipinski definition) is 1. The number of halogens is 1. The molecule has 2 rings (SSSR count). The Labute approximate surface area is 95.2 Å². The largest absolute Gasteiger partial charge is 0.494 e. The van der Waals surface area contributed by atoms with Crippen molar-refractivity contribution < 1.29 is 9.13 Å². The highest BCUT2D eigenvalue weighted by Gasteiger charge is 2.19. The molecule has 1 aromatic carbocycles. The van der Waals surface area contributed by atoms with Gasteiger partial charge in [0.1, 0.15) is 0 Å². The zero-order valence-electron chi connectivity index (χ0n) is 9.66. The summed E-state index contributed by atoms with van der Waals surface area (Å²) in [5, 5.41) is 3.33. The number of likely N-dealkylation sites (tertiary alicyclic amines) is 1. The number of methoxy groups -OCH3 is 1. The lowest BCUT2D eigenvalue weighted by atomic mass is 10.2. The Morgan fingerprint density at radius 1 is 1.50 bits per heavy atom. The van der Waals surface area contributed by atoms with Crippen LogP contribution in [0.3, 0.4) is 0 Å². The molecule has 4 heteroatoms. The molecule has 0 radical (unpaired) electrons. The Balaban J connectivity index is 2.02. The monoisotopic (exact) mass is 224 g/mol. The Morgan fingerprint density at radius 3 is 2.88 bits per heavy atom. The second kappa shape index (κ2) is 4.70. The first kappa shape index (κ1) is 11.2. The van der Waals surface area contributed by atoms with Crippen LogP contribution in [0, 0.1) is 5.82 Å². The van der Waals surface area contributed by atoms with E-state index in [2.05, 4.69) is 17.3 Å². The summed E-state index contributed by atoms with van der Waals surface area (Å²) < 4.78 is 18.3. The smallest absolute Gasteiger partial charge is 0.167 e. The molecule has 1 aromatic rings. The molecule has 0 spiro atoms. The van der Waals surface area contributed by atoms with Crippen LogP contribution in [-0.4, -0.2) is 38.2 Å². The van der Waals surface area contributed by atoms with Gasteiger partial charge in [-0.05, 0) is 32.1 Å². The second-order valence-electron chi connectivity index (χ2n) is 4.24. The second-order valence-corrected chi connectivity index (χ2v) is 4.24. The molecule has 16 heavy (non-hydrogen) atoms. The maximum Gasteiger partial charge on any atom is 0.167 e. The topological polar surface area (TPSA) is 24.5 Å². The molecule has 1 heterocycles. The van der Waals surface area contributed by atoms with Gasteiger partial charge in [0, 0.05) is 24.3 Å². The molecular weight excluding hydrogens is 207 g/mol. The summed E-state index contributed by atoms with van der Waals surface area (Å²) >= 11 is 0. The minimum atomic E-state index is -0.321. The number of likely N-dealkylation sites (N-methyl/N-ethyl adjacent to an activating group) is 1. The third-order valence-electron chi connectivity index (χ3n) is 2.91. The van der Waals surface area contributed by atoms with Gasteiger partial charge in [0.05, 0.1) is 7.11 Å². The Bertz CT molecular complexity index is 370. The summed E-state index contributed by atoms with van der Waals surface area (Å²) in [6.07, 6.45) is 1.10. The van der Waals surface area contributed by atoms with E-state index in [1.54, 1.807) is 6.07 Å². The van der Waals surface area contributed by atoms with E-state index in [4.69, 9.17) is 4.74 Å². The lowest BCUT2D eigenvalue weighted by Gasteiger charge is -2.14. The molecule has 1 unspecified atom stereocenters. The van der Waals surface area contributed by atoms with E-state index in [0.29, 0.717) is 6.04 Å². The van der Waals surface area contributed by atoms with Crippen LogP contribution in [0.4, 0.5) is 10.1 Å².